The highest BCUT2D eigenvalue weighted by Crippen LogP contribution is 2.25. The van der Waals surface area contributed by atoms with Gasteiger partial charge in [0.2, 0.25) is 5.95 Å². The van der Waals surface area contributed by atoms with Gasteiger partial charge in [-0.1, -0.05) is 72.8 Å². The molecule has 1 N–H and O–H groups in total. The van der Waals surface area contributed by atoms with E-state index in [2.05, 4.69) is 37.5 Å². The first-order valence-corrected chi connectivity index (χ1v) is 9.75. The van der Waals surface area contributed by atoms with Gasteiger partial charge in [0.25, 0.3) is 0 Å². The van der Waals surface area contributed by atoms with Gasteiger partial charge in [-0.3, -0.25) is 0 Å². The summed E-state index contributed by atoms with van der Waals surface area (Å²) in [5, 5.41) is 4.34. The van der Waals surface area contributed by atoms with Crippen LogP contribution in [0.5, 0.6) is 0 Å². The Kier molecular flexibility index (Phi) is 5.80. The summed E-state index contributed by atoms with van der Waals surface area (Å²) in [6, 6.07) is 30.3. The maximum atomic E-state index is 4.66. The van der Waals surface area contributed by atoms with E-state index in [1.54, 1.807) is 6.21 Å². The lowest BCUT2D eigenvalue weighted by Gasteiger charge is -2.11. The smallest absolute Gasteiger partial charge is 0.244 e. The molecule has 0 bridgehead atoms. The van der Waals surface area contributed by atoms with Gasteiger partial charge in [-0.15, -0.1) is 0 Å². The molecule has 4 rings (SSSR count). The first-order chi connectivity index (χ1) is 14.7. The summed E-state index contributed by atoms with van der Waals surface area (Å²) >= 11 is 0. The molecule has 0 saturated carbocycles. The molecule has 148 valence electrons. The molecule has 4 aromatic rings. The fourth-order valence-corrected chi connectivity index (χ4v) is 3.03. The minimum absolute atomic E-state index is 0.455. The Bertz CT molecular complexity index is 1060. The zero-order valence-electron chi connectivity index (χ0n) is 17.0. The summed E-state index contributed by atoms with van der Waals surface area (Å²) in [6.07, 6.45) is 1.76. The van der Waals surface area contributed by atoms with E-state index in [0.29, 0.717) is 5.95 Å². The third-order valence-corrected chi connectivity index (χ3v) is 4.65. The second-order valence-electron chi connectivity index (χ2n) is 7.05. The summed E-state index contributed by atoms with van der Waals surface area (Å²) in [5.41, 5.74) is 8.88. The maximum absolute atomic E-state index is 4.66. The van der Waals surface area contributed by atoms with Crippen molar-refractivity contribution in [2.75, 3.05) is 24.4 Å². The highest BCUT2D eigenvalue weighted by Gasteiger charge is 2.08. The van der Waals surface area contributed by atoms with Crippen molar-refractivity contribution in [3.05, 3.63) is 96.6 Å². The third-order valence-electron chi connectivity index (χ3n) is 4.65. The fraction of sp³-hybridized carbons (Fsp3) is 0.0800. The van der Waals surface area contributed by atoms with Crippen LogP contribution in [-0.2, 0) is 0 Å². The monoisotopic (exact) mass is 393 g/mol. The van der Waals surface area contributed by atoms with Crippen molar-refractivity contribution in [2.45, 2.75) is 0 Å². The van der Waals surface area contributed by atoms with Crippen molar-refractivity contribution >= 4 is 17.9 Å². The quantitative estimate of drug-likeness (QED) is 0.356. The number of nitrogens with zero attached hydrogens (tertiary/aromatic N) is 4. The average molecular weight is 393 g/mol. The molecule has 0 radical (unpaired) electrons. The lowest BCUT2D eigenvalue weighted by atomic mass is 10.1. The minimum atomic E-state index is 0.455. The number of aromatic nitrogens is 2. The van der Waals surface area contributed by atoms with Crippen molar-refractivity contribution in [1.82, 2.24) is 9.97 Å². The van der Waals surface area contributed by atoms with Gasteiger partial charge in [0.1, 0.15) is 0 Å². The van der Waals surface area contributed by atoms with Crippen LogP contribution in [0.15, 0.2) is 96.1 Å². The number of anilines is 2. The van der Waals surface area contributed by atoms with Crippen LogP contribution in [0.25, 0.3) is 22.5 Å². The summed E-state index contributed by atoms with van der Waals surface area (Å²) in [5.74, 6) is 0.455. The standard InChI is InChI=1S/C25H23N5/c1-30(2)22-15-13-19(14-16-22)18-26-29-25-27-23(20-9-5-3-6-10-20)17-24(28-25)21-11-7-4-8-12-21/h3-18H,1-2H3,(H,27,28,29)/b26-18-. The first-order valence-electron chi connectivity index (χ1n) is 9.75. The van der Waals surface area contributed by atoms with Gasteiger partial charge in [0.15, 0.2) is 0 Å². The number of hydrazone groups is 1. The summed E-state index contributed by atoms with van der Waals surface area (Å²) in [6.45, 7) is 0. The lowest BCUT2D eigenvalue weighted by molar-refractivity contribution is 1.12. The van der Waals surface area contributed by atoms with E-state index in [4.69, 9.17) is 0 Å². The molecule has 30 heavy (non-hydrogen) atoms. The molecule has 0 atom stereocenters. The highest BCUT2D eigenvalue weighted by molar-refractivity contribution is 5.81. The highest BCUT2D eigenvalue weighted by atomic mass is 15.3. The Morgan fingerprint density at radius 3 is 1.77 bits per heavy atom. The molecule has 0 fully saturated rings. The van der Waals surface area contributed by atoms with Crippen LogP contribution in [-0.4, -0.2) is 30.3 Å². The van der Waals surface area contributed by atoms with E-state index in [1.807, 2.05) is 93.0 Å². The average Bonchev–Trinajstić information content (AvgIpc) is 2.80. The summed E-state index contributed by atoms with van der Waals surface area (Å²) < 4.78 is 0. The molecular weight excluding hydrogens is 370 g/mol. The van der Waals surface area contributed by atoms with Crippen LogP contribution in [0.2, 0.25) is 0 Å². The molecule has 1 aromatic heterocycles. The molecule has 0 saturated heterocycles. The first kappa shape index (κ1) is 19.3. The Morgan fingerprint density at radius 2 is 1.27 bits per heavy atom. The van der Waals surface area contributed by atoms with E-state index in [1.165, 1.54) is 0 Å². The molecular formula is C25H23N5. The van der Waals surface area contributed by atoms with Crippen molar-refractivity contribution < 1.29 is 0 Å². The van der Waals surface area contributed by atoms with Crippen LogP contribution >= 0.6 is 0 Å². The Morgan fingerprint density at radius 1 is 0.733 bits per heavy atom. The summed E-state index contributed by atoms with van der Waals surface area (Å²) in [4.78, 5) is 11.4. The van der Waals surface area contributed by atoms with E-state index in [9.17, 15) is 0 Å². The number of benzene rings is 3. The van der Waals surface area contributed by atoms with Gasteiger partial charge in [0, 0.05) is 30.9 Å². The van der Waals surface area contributed by atoms with Gasteiger partial charge < -0.3 is 4.90 Å². The van der Waals surface area contributed by atoms with Crippen molar-refractivity contribution in [3.8, 4) is 22.5 Å². The largest absolute Gasteiger partial charge is 0.378 e. The molecule has 0 amide bonds. The fourth-order valence-electron chi connectivity index (χ4n) is 3.03. The van der Waals surface area contributed by atoms with E-state index < -0.39 is 0 Å². The predicted octanol–water partition coefficient (Wildman–Crippen LogP) is 5.32. The number of rotatable bonds is 6. The number of hydrogen-bond acceptors (Lipinski definition) is 5. The molecule has 0 spiro atoms. The molecule has 1 heterocycles. The zero-order chi connectivity index (χ0) is 20.8. The molecule has 0 aliphatic carbocycles. The van der Waals surface area contributed by atoms with E-state index >= 15 is 0 Å². The molecule has 0 aliphatic heterocycles. The van der Waals surface area contributed by atoms with Crippen LogP contribution in [0, 0.1) is 0 Å². The SMILES string of the molecule is CN(C)c1ccc(/C=N\Nc2nc(-c3ccccc3)cc(-c3ccccc3)n2)cc1. The molecule has 3 aromatic carbocycles. The van der Waals surface area contributed by atoms with Crippen molar-refractivity contribution in [2.24, 2.45) is 5.10 Å². The molecule has 5 nitrogen and oxygen atoms in total. The van der Waals surface area contributed by atoms with Crippen molar-refractivity contribution in [3.63, 3.8) is 0 Å². The van der Waals surface area contributed by atoms with Gasteiger partial charge in [-0.25, -0.2) is 15.4 Å². The second kappa shape index (κ2) is 9.01. The normalized spacial score (nSPS) is 10.9. The summed E-state index contributed by atoms with van der Waals surface area (Å²) in [7, 11) is 4.04. The van der Waals surface area contributed by atoms with Gasteiger partial charge >= 0.3 is 0 Å². The van der Waals surface area contributed by atoms with Crippen LogP contribution in [0.4, 0.5) is 11.6 Å². The molecule has 0 unspecified atom stereocenters. The number of nitrogens with one attached hydrogen (secondary N) is 1. The van der Waals surface area contributed by atoms with Gasteiger partial charge in [0.05, 0.1) is 17.6 Å². The van der Waals surface area contributed by atoms with Crippen molar-refractivity contribution in [1.29, 1.82) is 0 Å². The predicted molar refractivity (Wildman–Crippen MR) is 125 cm³/mol. The van der Waals surface area contributed by atoms with Crippen LogP contribution < -0.4 is 10.3 Å². The minimum Gasteiger partial charge on any atom is -0.378 e. The Labute approximate surface area is 176 Å². The molecule has 0 aliphatic rings. The van der Waals surface area contributed by atoms with Crippen LogP contribution in [0.3, 0.4) is 0 Å². The third kappa shape index (κ3) is 4.70. The number of hydrogen-bond donors (Lipinski definition) is 1. The second-order valence-corrected chi connectivity index (χ2v) is 7.05. The van der Waals surface area contributed by atoms with E-state index in [-0.39, 0.29) is 0 Å². The van der Waals surface area contributed by atoms with Crippen LogP contribution in [0.1, 0.15) is 5.56 Å². The molecule has 5 heteroatoms. The Balaban J connectivity index is 1.62. The topological polar surface area (TPSA) is 53.4 Å². The Hall–Kier alpha value is -3.99. The lowest BCUT2D eigenvalue weighted by Crippen LogP contribution is -2.08. The maximum Gasteiger partial charge on any atom is 0.244 e. The zero-order valence-corrected chi connectivity index (χ0v) is 17.0. The van der Waals surface area contributed by atoms with E-state index in [0.717, 1.165) is 33.8 Å². The van der Waals surface area contributed by atoms with Gasteiger partial charge in [-0.2, -0.15) is 5.10 Å². The van der Waals surface area contributed by atoms with Gasteiger partial charge in [-0.05, 0) is 23.8 Å².